The molecule has 1 aromatic heterocycles. The second kappa shape index (κ2) is 1.94. The first kappa shape index (κ1) is 5.28. The zero-order chi connectivity index (χ0) is 5.98. The Labute approximate surface area is 49.4 Å². The van der Waals surface area contributed by atoms with Crippen molar-refractivity contribution in [1.29, 1.82) is 0 Å². The average Bonchev–Trinajstić information content (AvgIpc) is 1.64. The summed E-state index contributed by atoms with van der Waals surface area (Å²) in [6.07, 6.45) is 1.52. The lowest BCUT2D eigenvalue weighted by molar-refractivity contribution is 0.988. The summed E-state index contributed by atoms with van der Waals surface area (Å²) >= 11 is 0. The number of rotatable bonds is 0. The Bertz CT molecular complexity index is 170. The van der Waals surface area contributed by atoms with E-state index in [0.717, 1.165) is 5.69 Å². The van der Waals surface area contributed by atoms with Gasteiger partial charge in [0, 0.05) is 6.20 Å². The van der Waals surface area contributed by atoms with E-state index in [-0.39, 0.29) is 0 Å². The highest BCUT2D eigenvalue weighted by Gasteiger charge is 1.83. The molecular weight excluding hydrogens is 98.9 g/mol. The molecule has 1 heterocycles. The summed E-state index contributed by atoms with van der Waals surface area (Å²) in [4.78, 5) is 0. The molecule has 8 heavy (non-hydrogen) atoms. The van der Waals surface area contributed by atoms with Crippen molar-refractivity contribution in [2.45, 2.75) is 6.92 Å². The molecule has 0 unspecified atom stereocenters. The number of nitrogens with zero attached hydrogens (tertiary/aromatic N) is 2. The Balaban J connectivity index is 3.08. The van der Waals surface area contributed by atoms with Crippen LogP contribution in [0.2, 0.25) is 0 Å². The molecule has 0 aliphatic carbocycles. The van der Waals surface area contributed by atoms with Crippen molar-refractivity contribution in [2.75, 3.05) is 0 Å². The zero-order valence-electron chi connectivity index (χ0n) is 4.63. The molecule has 0 aliphatic heterocycles. The monoisotopic (exact) mass is 104 g/mol. The van der Waals surface area contributed by atoms with Crippen molar-refractivity contribution in [3.8, 4) is 0 Å². The minimum Gasteiger partial charge on any atom is -0.160 e. The van der Waals surface area contributed by atoms with Gasteiger partial charge in [-0.05, 0) is 13.0 Å². The normalized spacial score (nSPS) is 9.12. The van der Waals surface area contributed by atoms with Gasteiger partial charge in [0.1, 0.15) is 7.85 Å². The molecule has 0 saturated carbocycles. The quantitative estimate of drug-likeness (QED) is 0.417. The molecule has 0 aromatic carbocycles. The van der Waals surface area contributed by atoms with Crippen LogP contribution in [0.5, 0.6) is 0 Å². The third kappa shape index (κ3) is 1.06. The van der Waals surface area contributed by atoms with Crippen LogP contribution in [0.1, 0.15) is 5.69 Å². The minimum atomic E-state index is 0.664. The van der Waals surface area contributed by atoms with Crippen molar-refractivity contribution >= 4 is 13.3 Å². The standard InChI is InChI=1S/C5H5BN2/c1-4-2-5(6)3-7-8-4/h2-3H,1H3. The molecule has 2 nitrogen and oxygen atoms in total. The average molecular weight is 104 g/mol. The minimum absolute atomic E-state index is 0.664. The van der Waals surface area contributed by atoms with Gasteiger partial charge in [0.15, 0.2) is 0 Å². The van der Waals surface area contributed by atoms with Crippen molar-refractivity contribution in [3.63, 3.8) is 0 Å². The molecule has 38 valence electrons. The lowest BCUT2D eigenvalue weighted by Crippen LogP contribution is -2.04. The first-order valence-corrected chi connectivity index (χ1v) is 2.34. The topological polar surface area (TPSA) is 25.8 Å². The van der Waals surface area contributed by atoms with Crippen LogP contribution in [0, 0.1) is 6.92 Å². The van der Waals surface area contributed by atoms with Crippen LogP contribution in [0.15, 0.2) is 12.3 Å². The SMILES string of the molecule is [B]c1cnnc(C)c1. The van der Waals surface area contributed by atoms with Crippen molar-refractivity contribution in [1.82, 2.24) is 10.2 Å². The largest absolute Gasteiger partial charge is 0.160 e. The van der Waals surface area contributed by atoms with E-state index in [0.29, 0.717) is 5.46 Å². The molecule has 0 saturated heterocycles. The number of aromatic nitrogens is 2. The molecule has 1 aromatic rings. The van der Waals surface area contributed by atoms with Gasteiger partial charge in [0.05, 0.1) is 5.69 Å². The first-order valence-electron chi connectivity index (χ1n) is 2.34. The molecule has 2 radical (unpaired) electrons. The molecule has 3 heteroatoms. The maximum atomic E-state index is 5.36. The van der Waals surface area contributed by atoms with Gasteiger partial charge >= 0.3 is 0 Å². The van der Waals surface area contributed by atoms with Crippen LogP contribution >= 0.6 is 0 Å². The fourth-order valence-corrected chi connectivity index (χ4v) is 0.494. The lowest BCUT2D eigenvalue weighted by Gasteiger charge is -1.88. The number of aryl methyl sites for hydroxylation is 1. The van der Waals surface area contributed by atoms with Crippen LogP contribution in [-0.4, -0.2) is 18.0 Å². The molecule has 0 bridgehead atoms. The van der Waals surface area contributed by atoms with Crippen LogP contribution in [0.3, 0.4) is 0 Å². The number of hydrogen-bond donors (Lipinski definition) is 0. The number of hydrogen-bond acceptors (Lipinski definition) is 2. The van der Waals surface area contributed by atoms with Gasteiger partial charge in [-0.2, -0.15) is 10.2 Å². The smallest absolute Gasteiger partial charge is 0.116 e. The fourth-order valence-electron chi connectivity index (χ4n) is 0.494. The molecule has 1 rings (SSSR count). The maximum absolute atomic E-state index is 5.36. The molecule has 0 atom stereocenters. The fraction of sp³-hybridized carbons (Fsp3) is 0.200. The Morgan fingerprint density at radius 2 is 2.38 bits per heavy atom. The van der Waals surface area contributed by atoms with E-state index in [1.165, 1.54) is 6.20 Å². The van der Waals surface area contributed by atoms with Gasteiger partial charge in [-0.3, -0.25) is 0 Å². The molecule has 0 amide bonds. The maximum Gasteiger partial charge on any atom is 0.116 e. The van der Waals surface area contributed by atoms with E-state index in [1.807, 2.05) is 6.92 Å². The molecule has 0 N–H and O–H groups in total. The predicted molar refractivity (Wildman–Crippen MR) is 32.2 cm³/mol. The Hall–Kier alpha value is -0.855. The summed E-state index contributed by atoms with van der Waals surface area (Å²) in [5.41, 5.74) is 1.52. The third-order valence-electron chi connectivity index (χ3n) is 0.798. The molecule has 0 fully saturated rings. The van der Waals surface area contributed by atoms with Gasteiger partial charge in [-0.1, -0.05) is 5.46 Å². The van der Waals surface area contributed by atoms with Gasteiger partial charge in [0.25, 0.3) is 0 Å². The summed E-state index contributed by atoms with van der Waals surface area (Å²) in [5.74, 6) is 0. The zero-order valence-corrected chi connectivity index (χ0v) is 4.63. The van der Waals surface area contributed by atoms with E-state index in [2.05, 4.69) is 10.2 Å². The van der Waals surface area contributed by atoms with Crippen LogP contribution in [0.4, 0.5) is 0 Å². The highest BCUT2D eigenvalue weighted by atomic mass is 15.1. The van der Waals surface area contributed by atoms with E-state index in [1.54, 1.807) is 6.07 Å². The van der Waals surface area contributed by atoms with Crippen LogP contribution in [-0.2, 0) is 0 Å². The summed E-state index contributed by atoms with van der Waals surface area (Å²) in [6, 6.07) is 1.77. The van der Waals surface area contributed by atoms with Crippen molar-refractivity contribution in [2.24, 2.45) is 0 Å². The molecular formula is C5H5BN2. The third-order valence-corrected chi connectivity index (χ3v) is 0.798. The van der Waals surface area contributed by atoms with E-state index < -0.39 is 0 Å². The Morgan fingerprint density at radius 1 is 1.62 bits per heavy atom. The van der Waals surface area contributed by atoms with E-state index in [9.17, 15) is 0 Å². The summed E-state index contributed by atoms with van der Waals surface area (Å²) in [7, 11) is 5.36. The molecule has 0 aliphatic rings. The van der Waals surface area contributed by atoms with E-state index >= 15 is 0 Å². The van der Waals surface area contributed by atoms with Crippen LogP contribution < -0.4 is 5.46 Å². The summed E-state index contributed by atoms with van der Waals surface area (Å²) in [6.45, 7) is 1.85. The lowest BCUT2D eigenvalue weighted by atomic mass is 9.99. The Kier molecular flexibility index (Phi) is 1.28. The summed E-state index contributed by atoms with van der Waals surface area (Å²) in [5, 5.41) is 7.32. The second-order valence-electron chi connectivity index (χ2n) is 1.63. The molecule has 0 spiro atoms. The van der Waals surface area contributed by atoms with Crippen LogP contribution in [0.25, 0.3) is 0 Å². The Morgan fingerprint density at radius 3 is 2.75 bits per heavy atom. The predicted octanol–water partition coefficient (Wildman–Crippen LogP) is -0.421. The first-order chi connectivity index (χ1) is 3.79. The van der Waals surface area contributed by atoms with E-state index in [4.69, 9.17) is 7.85 Å². The van der Waals surface area contributed by atoms with Crippen molar-refractivity contribution in [3.05, 3.63) is 18.0 Å². The van der Waals surface area contributed by atoms with Gasteiger partial charge in [-0.15, -0.1) is 0 Å². The van der Waals surface area contributed by atoms with Gasteiger partial charge in [-0.25, -0.2) is 0 Å². The van der Waals surface area contributed by atoms with Crippen molar-refractivity contribution < 1.29 is 0 Å². The van der Waals surface area contributed by atoms with Gasteiger partial charge < -0.3 is 0 Å². The second-order valence-corrected chi connectivity index (χ2v) is 1.63. The summed E-state index contributed by atoms with van der Waals surface area (Å²) < 4.78 is 0. The van der Waals surface area contributed by atoms with Gasteiger partial charge in [0.2, 0.25) is 0 Å². The highest BCUT2D eigenvalue weighted by Crippen LogP contribution is 1.79. The highest BCUT2D eigenvalue weighted by molar-refractivity contribution is 6.32.